The monoisotopic (exact) mass is 353 g/mol. The number of nitro benzene ring substituents is 1. The zero-order valence-corrected chi connectivity index (χ0v) is 13.8. The minimum absolute atomic E-state index is 0.0794. The van der Waals surface area contributed by atoms with Crippen molar-refractivity contribution in [1.29, 1.82) is 0 Å². The first-order chi connectivity index (χ1) is 9.82. The van der Waals surface area contributed by atoms with Crippen LogP contribution in [0.2, 0.25) is 0 Å². The number of nitrogens with zero attached hydrogens (tertiary/aromatic N) is 3. The van der Waals surface area contributed by atoms with E-state index in [4.69, 9.17) is 4.74 Å². The Labute approximate surface area is 131 Å². The molecule has 0 atom stereocenters. The fraction of sp³-hybridized carbons (Fsp3) is 0.357. The first-order valence-corrected chi connectivity index (χ1v) is 7.28. The first kappa shape index (κ1) is 15.5. The van der Waals surface area contributed by atoms with Crippen molar-refractivity contribution < 1.29 is 9.66 Å². The van der Waals surface area contributed by atoms with E-state index in [-0.39, 0.29) is 17.5 Å². The molecular weight excluding hydrogens is 338 g/mol. The quantitative estimate of drug-likeness (QED) is 0.616. The second-order valence-corrected chi connectivity index (χ2v) is 5.74. The van der Waals surface area contributed by atoms with E-state index in [1.165, 1.54) is 0 Å². The van der Waals surface area contributed by atoms with Gasteiger partial charge in [0.2, 0.25) is 0 Å². The lowest BCUT2D eigenvalue weighted by Gasteiger charge is -2.12. The summed E-state index contributed by atoms with van der Waals surface area (Å²) in [5, 5.41) is 15.8. The van der Waals surface area contributed by atoms with Crippen molar-refractivity contribution in [3.8, 4) is 11.4 Å². The van der Waals surface area contributed by atoms with Crippen LogP contribution in [0.15, 0.2) is 22.7 Å². The van der Waals surface area contributed by atoms with Crippen LogP contribution in [-0.4, -0.2) is 20.8 Å². The number of rotatable bonds is 4. The maximum atomic E-state index is 11.5. The zero-order chi connectivity index (χ0) is 15.7. The topological polar surface area (TPSA) is 70.2 Å². The average Bonchev–Trinajstić information content (AvgIpc) is 2.65. The normalized spacial score (nSPS) is 11.0. The summed E-state index contributed by atoms with van der Waals surface area (Å²) in [7, 11) is 0. The average molecular weight is 354 g/mol. The van der Waals surface area contributed by atoms with Gasteiger partial charge in [-0.25, -0.2) is 4.68 Å². The SMILES string of the molecule is Cc1nn(-c2cccc(OC(C)C)c2[N+](=O)[O-])c(C)c1Br. The lowest BCUT2D eigenvalue weighted by molar-refractivity contribution is -0.385. The number of hydrogen-bond donors (Lipinski definition) is 0. The van der Waals surface area contributed by atoms with Crippen LogP contribution in [0.5, 0.6) is 5.75 Å². The van der Waals surface area contributed by atoms with Crippen molar-refractivity contribution in [3.05, 3.63) is 44.2 Å². The summed E-state index contributed by atoms with van der Waals surface area (Å²) in [6.07, 6.45) is -0.147. The van der Waals surface area contributed by atoms with Crippen LogP contribution in [0.1, 0.15) is 25.2 Å². The van der Waals surface area contributed by atoms with E-state index in [2.05, 4.69) is 21.0 Å². The Bertz CT molecular complexity index is 695. The number of halogens is 1. The molecule has 21 heavy (non-hydrogen) atoms. The molecule has 0 aliphatic rings. The van der Waals surface area contributed by atoms with Gasteiger partial charge in [0.1, 0.15) is 5.69 Å². The van der Waals surface area contributed by atoms with Crippen LogP contribution in [0.25, 0.3) is 5.69 Å². The molecule has 0 bridgehead atoms. The van der Waals surface area contributed by atoms with E-state index in [9.17, 15) is 10.1 Å². The van der Waals surface area contributed by atoms with Gasteiger partial charge in [-0.1, -0.05) is 6.07 Å². The molecule has 112 valence electrons. The van der Waals surface area contributed by atoms with Gasteiger partial charge in [-0.05, 0) is 55.8 Å². The van der Waals surface area contributed by atoms with Crippen molar-refractivity contribution in [2.24, 2.45) is 0 Å². The van der Waals surface area contributed by atoms with E-state index in [1.54, 1.807) is 22.9 Å². The predicted octanol–water partition coefficient (Wildman–Crippen LogP) is 3.95. The highest BCUT2D eigenvalue weighted by Crippen LogP contribution is 2.35. The summed E-state index contributed by atoms with van der Waals surface area (Å²) < 4.78 is 7.95. The number of benzene rings is 1. The summed E-state index contributed by atoms with van der Waals surface area (Å²) >= 11 is 3.43. The van der Waals surface area contributed by atoms with Crippen LogP contribution in [0.3, 0.4) is 0 Å². The number of aryl methyl sites for hydroxylation is 1. The lowest BCUT2D eigenvalue weighted by atomic mass is 10.2. The van der Waals surface area contributed by atoms with Gasteiger partial charge in [0, 0.05) is 0 Å². The second-order valence-electron chi connectivity index (χ2n) is 4.94. The standard InChI is InChI=1S/C14H16BrN3O3/c1-8(2)21-12-7-5-6-11(14(12)18(19)20)17-10(4)13(15)9(3)16-17/h5-8H,1-4H3. The molecule has 7 heteroatoms. The second kappa shape index (κ2) is 5.85. The van der Waals surface area contributed by atoms with Gasteiger partial charge in [-0.2, -0.15) is 5.10 Å². The molecule has 0 fully saturated rings. The third-order valence-electron chi connectivity index (χ3n) is 2.95. The first-order valence-electron chi connectivity index (χ1n) is 6.49. The van der Waals surface area contributed by atoms with E-state index < -0.39 is 4.92 Å². The summed E-state index contributed by atoms with van der Waals surface area (Å²) in [4.78, 5) is 11.0. The fourth-order valence-corrected chi connectivity index (χ4v) is 2.32. The molecule has 0 aliphatic carbocycles. The molecule has 1 aromatic heterocycles. The zero-order valence-electron chi connectivity index (χ0n) is 12.3. The summed E-state index contributed by atoms with van der Waals surface area (Å²) in [6, 6.07) is 4.99. The number of nitro groups is 1. The molecule has 0 saturated carbocycles. The Hall–Kier alpha value is -1.89. The number of ether oxygens (including phenoxy) is 1. The number of aromatic nitrogens is 2. The number of para-hydroxylation sites is 1. The molecule has 0 spiro atoms. The molecule has 0 aliphatic heterocycles. The van der Waals surface area contributed by atoms with E-state index >= 15 is 0 Å². The lowest BCUT2D eigenvalue weighted by Crippen LogP contribution is -2.10. The molecule has 0 N–H and O–H groups in total. The summed E-state index contributed by atoms with van der Waals surface area (Å²) in [5.41, 5.74) is 1.89. The largest absolute Gasteiger partial charge is 0.484 e. The molecule has 2 aromatic rings. The van der Waals surface area contributed by atoms with Crippen LogP contribution in [0, 0.1) is 24.0 Å². The highest BCUT2D eigenvalue weighted by Gasteiger charge is 2.25. The predicted molar refractivity (Wildman–Crippen MR) is 83.2 cm³/mol. The Morgan fingerprint density at radius 1 is 1.38 bits per heavy atom. The van der Waals surface area contributed by atoms with Gasteiger partial charge in [-0.15, -0.1) is 0 Å². The summed E-state index contributed by atoms with van der Waals surface area (Å²) in [6.45, 7) is 7.35. The third-order valence-corrected chi connectivity index (χ3v) is 4.10. The highest BCUT2D eigenvalue weighted by atomic mass is 79.9. The van der Waals surface area contributed by atoms with Crippen molar-refractivity contribution in [1.82, 2.24) is 9.78 Å². The van der Waals surface area contributed by atoms with Gasteiger partial charge in [0.05, 0.1) is 26.9 Å². The maximum absolute atomic E-state index is 11.5. The van der Waals surface area contributed by atoms with Crippen LogP contribution in [-0.2, 0) is 0 Å². The molecule has 0 unspecified atom stereocenters. The minimum Gasteiger partial charge on any atom is -0.484 e. The molecule has 6 nitrogen and oxygen atoms in total. The molecule has 0 saturated heterocycles. The Morgan fingerprint density at radius 2 is 2.05 bits per heavy atom. The van der Waals surface area contributed by atoms with Crippen LogP contribution in [0.4, 0.5) is 5.69 Å². The van der Waals surface area contributed by atoms with Gasteiger partial charge in [0.15, 0.2) is 5.75 Å². The van der Waals surface area contributed by atoms with E-state index in [0.29, 0.717) is 5.69 Å². The maximum Gasteiger partial charge on any atom is 0.336 e. The molecule has 1 heterocycles. The molecular formula is C14H16BrN3O3. The number of hydrogen-bond acceptors (Lipinski definition) is 4. The van der Waals surface area contributed by atoms with E-state index in [0.717, 1.165) is 15.9 Å². The van der Waals surface area contributed by atoms with E-state index in [1.807, 2.05) is 27.7 Å². The molecule has 0 radical (unpaired) electrons. The van der Waals surface area contributed by atoms with Crippen molar-refractivity contribution >= 4 is 21.6 Å². The van der Waals surface area contributed by atoms with Crippen molar-refractivity contribution in [2.45, 2.75) is 33.8 Å². The highest BCUT2D eigenvalue weighted by molar-refractivity contribution is 9.10. The third kappa shape index (κ3) is 2.92. The van der Waals surface area contributed by atoms with Gasteiger partial charge in [0.25, 0.3) is 0 Å². The van der Waals surface area contributed by atoms with Crippen LogP contribution >= 0.6 is 15.9 Å². The fourth-order valence-electron chi connectivity index (χ4n) is 2.07. The Morgan fingerprint density at radius 3 is 2.52 bits per heavy atom. The van der Waals surface area contributed by atoms with Crippen molar-refractivity contribution in [3.63, 3.8) is 0 Å². The molecule has 2 rings (SSSR count). The van der Waals surface area contributed by atoms with Crippen LogP contribution < -0.4 is 4.74 Å². The minimum atomic E-state index is -0.433. The summed E-state index contributed by atoms with van der Waals surface area (Å²) in [5.74, 6) is 0.246. The molecule has 0 amide bonds. The van der Waals surface area contributed by atoms with Gasteiger partial charge >= 0.3 is 5.69 Å². The Balaban J connectivity index is 2.68. The van der Waals surface area contributed by atoms with Gasteiger partial charge in [-0.3, -0.25) is 10.1 Å². The smallest absolute Gasteiger partial charge is 0.336 e. The van der Waals surface area contributed by atoms with Gasteiger partial charge < -0.3 is 4.74 Å². The molecule has 1 aromatic carbocycles. The van der Waals surface area contributed by atoms with Crippen molar-refractivity contribution in [2.75, 3.05) is 0 Å². The Kier molecular flexibility index (Phi) is 4.32.